The topological polar surface area (TPSA) is 70.2 Å². The normalized spacial score (nSPS) is 10.0. The molecule has 0 aliphatic heterocycles. The Bertz CT molecular complexity index is 435. The van der Waals surface area contributed by atoms with Crippen molar-refractivity contribution in [2.24, 2.45) is 0 Å². The van der Waals surface area contributed by atoms with Crippen LogP contribution in [-0.2, 0) is 4.79 Å². The Hall–Kier alpha value is -1.56. The molecule has 0 aromatic heterocycles. The van der Waals surface area contributed by atoms with Gasteiger partial charge in [-0.15, -0.1) is 0 Å². The Morgan fingerprint density at radius 2 is 1.94 bits per heavy atom. The summed E-state index contributed by atoms with van der Waals surface area (Å²) in [5.74, 6) is -0.215. The van der Waals surface area contributed by atoms with Crippen LogP contribution in [0, 0.1) is 0 Å². The van der Waals surface area contributed by atoms with Gasteiger partial charge in [0.2, 0.25) is 5.91 Å². The number of rotatable bonds is 4. The predicted molar refractivity (Wildman–Crippen MR) is 74.4 cm³/mol. The van der Waals surface area contributed by atoms with Crippen molar-refractivity contribution in [2.45, 2.75) is 19.9 Å². The summed E-state index contributed by atoms with van der Waals surface area (Å²) in [6.07, 6.45) is 0. The monoisotopic (exact) mass is 313 g/mol. The van der Waals surface area contributed by atoms with Crippen LogP contribution in [0.15, 0.2) is 28.7 Å². The third-order valence-electron chi connectivity index (χ3n) is 1.98. The van der Waals surface area contributed by atoms with Crippen molar-refractivity contribution < 1.29 is 9.59 Å². The maximum atomic E-state index is 11.5. The van der Waals surface area contributed by atoms with Gasteiger partial charge in [0.05, 0.1) is 12.2 Å². The van der Waals surface area contributed by atoms with Crippen molar-refractivity contribution in [3.05, 3.63) is 28.7 Å². The fourth-order valence-corrected chi connectivity index (χ4v) is 1.65. The summed E-state index contributed by atoms with van der Waals surface area (Å²) >= 11 is 3.32. The highest BCUT2D eigenvalue weighted by molar-refractivity contribution is 9.10. The Morgan fingerprint density at radius 1 is 1.28 bits per heavy atom. The lowest BCUT2D eigenvalue weighted by Gasteiger charge is -2.10. The molecule has 3 N–H and O–H groups in total. The van der Waals surface area contributed by atoms with E-state index in [1.54, 1.807) is 6.07 Å². The van der Waals surface area contributed by atoms with E-state index in [2.05, 4.69) is 31.9 Å². The molecule has 0 saturated carbocycles. The number of anilines is 1. The summed E-state index contributed by atoms with van der Waals surface area (Å²) < 4.78 is 0.784. The Kier molecular flexibility index (Phi) is 5.64. The predicted octanol–water partition coefficient (Wildman–Crippen LogP) is 2.10. The highest BCUT2D eigenvalue weighted by atomic mass is 79.9. The van der Waals surface area contributed by atoms with Crippen molar-refractivity contribution in [1.29, 1.82) is 0 Å². The van der Waals surface area contributed by atoms with Crippen LogP contribution in [0.1, 0.15) is 13.8 Å². The van der Waals surface area contributed by atoms with E-state index in [4.69, 9.17) is 0 Å². The number of halogens is 1. The molecule has 0 bridgehead atoms. The van der Waals surface area contributed by atoms with E-state index in [1.807, 2.05) is 32.0 Å². The smallest absolute Gasteiger partial charge is 0.319 e. The van der Waals surface area contributed by atoms with E-state index >= 15 is 0 Å². The van der Waals surface area contributed by atoms with Crippen LogP contribution in [0.5, 0.6) is 0 Å². The largest absolute Gasteiger partial charge is 0.352 e. The number of hydrogen-bond acceptors (Lipinski definition) is 2. The van der Waals surface area contributed by atoms with Gasteiger partial charge < -0.3 is 16.0 Å². The quantitative estimate of drug-likeness (QED) is 0.796. The van der Waals surface area contributed by atoms with Gasteiger partial charge in [-0.3, -0.25) is 4.79 Å². The third-order valence-corrected chi connectivity index (χ3v) is 2.67. The minimum absolute atomic E-state index is 0.0472. The number of nitrogens with one attached hydrogen (secondary N) is 3. The van der Waals surface area contributed by atoms with Crippen molar-refractivity contribution >= 4 is 33.6 Å². The minimum atomic E-state index is -0.416. The summed E-state index contributed by atoms with van der Waals surface area (Å²) in [4.78, 5) is 22.8. The summed E-state index contributed by atoms with van der Waals surface area (Å²) in [6.45, 7) is 3.67. The Balaban J connectivity index is 2.39. The maximum Gasteiger partial charge on any atom is 0.319 e. The van der Waals surface area contributed by atoms with Gasteiger partial charge in [0.15, 0.2) is 0 Å². The molecule has 0 aliphatic carbocycles. The molecule has 0 atom stereocenters. The van der Waals surface area contributed by atoms with Crippen molar-refractivity contribution in [1.82, 2.24) is 10.6 Å². The Morgan fingerprint density at radius 3 is 2.56 bits per heavy atom. The number of para-hydroxylation sites is 1. The number of urea groups is 1. The van der Waals surface area contributed by atoms with Gasteiger partial charge in [-0.25, -0.2) is 4.79 Å². The number of hydrogen-bond donors (Lipinski definition) is 3. The average molecular weight is 314 g/mol. The third kappa shape index (κ3) is 5.18. The van der Waals surface area contributed by atoms with Crippen LogP contribution in [0.25, 0.3) is 0 Å². The zero-order valence-electron chi connectivity index (χ0n) is 10.3. The molecule has 0 fully saturated rings. The standard InChI is InChI=1S/C12H16BrN3O2/c1-8(2)15-11(17)7-14-12(18)16-10-6-4-3-5-9(10)13/h3-6,8H,7H2,1-2H3,(H,15,17)(H2,14,16,18). The van der Waals surface area contributed by atoms with Gasteiger partial charge in [0.25, 0.3) is 0 Å². The van der Waals surface area contributed by atoms with Crippen LogP contribution < -0.4 is 16.0 Å². The fraction of sp³-hybridized carbons (Fsp3) is 0.333. The van der Waals surface area contributed by atoms with E-state index in [9.17, 15) is 9.59 Å². The van der Waals surface area contributed by atoms with Crippen LogP contribution in [0.3, 0.4) is 0 Å². The zero-order chi connectivity index (χ0) is 13.5. The summed E-state index contributed by atoms with van der Waals surface area (Å²) in [7, 11) is 0. The summed E-state index contributed by atoms with van der Waals surface area (Å²) in [5.41, 5.74) is 0.652. The number of benzene rings is 1. The highest BCUT2D eigenvalue weighted by Crippen LogP contribution is 2.20. The van der Waals surface area contributed by atoms with E-state index < -0.39 is 6.03 Å². The lowest BCUT2D eigenvalue weighted by atomic mass is 10.3. The van der Waals surface area contributed by atoms with Crippen molar-refractivity contribution in [2.75, 3.05) is 11.9 Å². The summed E-state index contributed by atoms with van der Waals surface area (Å²) in [5, 5.41) is 7.81. The van der Waals surface area contributed by atoms with Crippen molar-refractivity contribution in [3.8, 4) is 0 Å². The molecule has 5 nitrogen and oxygen atoms in total. The highest BCUT2D eigenvalue weighted by Gasteiger charge is 2.07. The summed E-state index contributed by atoms with van der Waals surface area (Å²) in [6, 6.07) is 6.89. The molecule has 0 heterocycles. The molecule has 0 unspecified atom stereocenters. The second-order valence-corrected chi connectivity index (χ2v) is 4.86. The first-order valence-electron chi connectivity index (χ1n) is 5.58. The van der Waals surface area contributed by atoms with E-state index in [-0.39, 0.29) is 18.5 Å². The molecular weight excluding hydrogens is 298 g/mol. The number of carbonyl (C=O) groups is 2. The van der Waals surface area contributed by atoms with Crippen LogP contribution in [0.4, 0.5) is 10.5 Å². The molecule has 0 radical (unpaired) electrons. The molecular formula is C12H16BrN3O2. The van der Waals surface area contributed by atoms with Gasteiger partial charge >= 0.3 is 6.03 Å². The zero-order valence-corrected chi connectivity index (χ0v) is 11.9. The van der Waals surface area contributed by atoms with Crippen molar-refractivity contribution in [3.63, 3.8) is 0 Å². The van der Waals surface area contributed by atoms with Gasteiger partial charge in [0, 0.05) is 10.5 Å². The molecule has 0 spiro atoms. The Labute approximate surface area is 114 Å². The minimum Gasteiger partial charge on any atom is -0.352 e. The van der Waals surface area contributed by atoms with E-state index in [1.165, 1.54) is 0 Å². The lowest BCUT2D eigenvalue weighted by Crippen LogP contribution is -2.41. The lowest BCUT2D eigenvalue weighted by molar-refractivity contribution is -0.120. The van der Waals surface area contributed by atoms with E-state index in [0.717, 1.165) is 4.47 Å². The average Bonchev–Trinajstić information content (AvgIpc) is 2.29. The van der Waals surface area contributed by atoms with E-state index in [0.29, 0.717) is 5.69 Å². The van der Waals surface area contributed by atoms with Gasteiger partial charge in [-0.1, -0.05) is 12.1 Å². The second kappa shape index (κ2) is 7.00. The number of carbonyl (C=O) groups excluding carboxylic acids is 2. The van der Waals surface area contributed by atoms with Crippen LogP contribution >= 0.6 is 15.9 Å². The first-order chi connectivity index (χ1) is 8.49. The van der Waals surface area contributed by atoms with Gasteiger partial charge in [0.1, 0.15) is 0 Å². The first kappa shape index (κ1) is 14.5. The molecule has 18 heavy (non-hydrogen) atoms. The molecule has 1 aromatic carbocycles. The SMILES string of the molecule is CC(C)NC(=O)CNC(=O)Nc1ccccc1Br. The number of amides is 3. The molecule has 0 aliphatic rings. The van der Waals surface area contributed by atoms with Crippen LogP contribution in [-0.4, -0.2) is 24.5 Å². The fourth-order valence-electron chi connectivity index (χ4n) is 1.26. The molecule has 6 heteroatoms. The van der Waals surface area contributed by atoms with Gasteiger partial charge in [-0.05, 0) is 41.9 Å². The van der Waals surface area contributed by atoms with Crippen LogP contribution in [0.2, 0.25) is 0 Å². The second-order valence-electron chi connectivity index (χ2n) is 4.01. The molecule has 1 rings (SSSR count). The molecule has 98 valence electrons. The van der Waals surface area contributed by atoms with Gasteiger partial charge in [-0.2, -0.15) is 0 Å². The molecule has 1 aromatic rings. The molecule has 3 amide bonds. The molecule has 0 saturated heterocycles. The first-order valence-corrected chi connectivity index (χ1v) is 6.37. The maximum absolute atomic E-state index is 11.5.